The highest BCUT2D eigenvalue weighted by Crippen LogP contribution is 2.59. The molecule has 6 rings (SSSR count). The van der Waals surface area contributed by atoms with Crippen molar-refractivity contribution < 1.29 is 0 Å². The molecule has 114 valence electrons. The molecule has 0 amide bonds. The van der Waals surface area contributed by atoms with E-state index in [4.69, 9.17) is 0 Å². The van der Waals surface area contributed by atoms with Crippen molar-refractivity contribution in [3.63, 3.8) is 0 Å². The van der Waals surface area contributed by atoms with Gasteiger partial charge in [0, 0.05) is 8.41 Å². The van der Waals surface area contributed by atoms with Crippen LogP contribution in [0.15, 0.2) is 24.3 Å². The predicted octanol–water partition coefficient (Wildman–Crippen LogP) is 4.91. The molecule has 0 saturated heterocycles. The first-order valence-corrected chi connectivity index (χ1v) is 11.7. The average Bonchev–Trinajstić information content (AvgIpc) is 2.95. The molecule has 1 aromatic carbocycles. The van der Waals surface area contributed by atoms with Crippen LogP contribution in [0.1, 0.15) is 48.3 Å². The van der Waals surface area contributed by atoms with Crippen LogP contribution >= 0.6 is 0 Å². The van der Waals surface area contributed by atoms with Gasteiger partial charge in [0.05, 0.1) is 0 Å². The second-order valence-electron chi connectivity index (χ2n) is 8.38. The van der Waals surface area contributed by atoms with Gasteiger partial charge in [0.1, 0.15) is 0 Å². The van der Waals surface area contributed by atoms with Gasteiger partial charge in [-0.1, -0.05) is 48.6 Å². The Morgan fingerprint density at radius 2 is 1.95 bits per heavy atom. The zero-order valence-electron chi connectivity index (χ0n) is 13.8. The molecule has 0 spiro atoms. The van der Waals surface area contributed by atoms with Crippen LogP contribution in [0.25, 0.3) is 6.08 Å². The van der Waals surface area contributed by atoms with Gasteiger partial charge in [0.25, 0.3) is 0 Å². The molecule has 0 heterocycles. The summed E-state index contributed by atoms with van der Waals surface area (Å²) in [5, 5.41) is 2.04. The van der Waals surface area contributed by atoms with Crippen molar-refractivity contribution in [1.82, 2.24) is 0 Å². The first-order chi connectivity index (χ1) is 10.7. The highest BCUT2D eigenvalue weighted by Gasteiger charge is 2.51. The first-order valence-electron chi connectivity index (χ1n) is 9.18. The van der Waals surface area contributed by atoms with Crippen LogP contribution in [0.2, 0.25) is 13.1 Å². The molecule has 4 bridgehead atoms. The van der Waals surface area contributed by atoms with Crippen LogP contribution in [0.4, 0.5) is 0 Å². The Balaban J connectivity index is 1.65. The van der Waals surface area contributed by atoms with Gasteiger partial charge >= 0.3 is 0 Å². The topological polar surface area (TPSA) is 0 Å². The summed E-state index contributed by atoms with van der Waals surface area (Å²) in [6, 6.07) is 7.14. The Morgan fingerprint density at radius 3 is 2.82 bits per heavy atom. The minimum absolute atomic E-state index is 0.250. The van der Waals surface area contributed by atoms with Gasteiger partial charge in [-0.15, -0.1) is 0 Å². The van der Waals surface area contributed by atoms with E-state index in [-0.39, 0.29) is 8.41 Å². The van der Waals surface area contributed by atoms with Gasteiger partial charge in [0.15, 0.2) is 0 Å². The Kier molecular flexibility index (Phi) is 2.92. The summed E-state index contributed by atoms with van der Waals surface area (Å²) in [6.07, 6.45) is 12.0. The second kappa shape index (κ2) is 4.77. The first kappa shape index (κ1) is 13.5. The summed E-state index contributed by atoms with van der Waals surface area (Å²) in [5.74, 6) is 4.83. The van der Waals surface area contributed by atoms with E-state index in [0.717, 1.165) is 36.0 Å². The number of hydrogen-bond donors (Lipinski definition) is 0. The minimum atomic E-state index is -0.250. The maximum absolute atomic E-state index is 2.55. The molecule has 1 aromatic rings. The second-order valence-corrected chi connectivity index (χ2v) is 11.0. The van der Waals surface area contributed by atoms with Crippen LogP contribution in [0.3, 0.4) is 0 Å². The van der Waals surface area contributed by atoms with Crippen molar-refractivity contribution in [3.05, 3.63) is 41.0 Å². The molecule has 4 saturated carbocycles. The third-order valence-corrected chi connectivity index (χ3v) is 8.93. The fourth-order valence-electron chi connectivity index (χ4n) is 6.54. The zero-order chi connectivity index (χ0) is 14.8. The van der Waals surface area contributed by atoms with E-state index in [1.807, 2.05) is 5.17 Å². The van der Waals surface area contributed by atoms with Gasteiger partial charge in [-0.05, 0) is 78.4 Å². The average molecular weight is 307 g/mol. The summed E-state index contributed by atoms with van der Waals surface area (Å²) in [6.45, 7) is 5.10. The van der Waals surface area contributed by atoms with E-state index < -0.39 is 0 Å². The quantitative estimate of drug-likeness (QED) is 0.646. The van der Waals surface area contributed by atoms with E-state index in [1.165, 1.54) is 25.7 Å². The van der Waals surface area contributed by atoms with Gasteiger partial charge < -0.3 is 0 Å². The number of rotatable bonds is 1. The van der Waals surface area contributed by atoms with Crippen LogP contribution in [-0.2, 0) is 6.42 Å². The molecule has 4 fully saturated rings. The molecule has 5 unspecified atom stereocenters. The highest BCUT2D eigenvalue weighted by molar-refractivity contribution is 6.69. The van der Waals surface area contributed by atoms with Gasteiger partial charge in [-0.25, -0.2) is 0 Å². The third kappa shape index (κ3) is 1.78. The highest BCUT2D eigenvalue weighted by atomic mass is 28.2. The van der Waals surface area contributed by atoms with Crippen LogP contribution < -0.4 is 0 Å². The van der Waals surface area contributed by atoms with Crippen molar-refractivity contribution in [3.8, 4) is 0 Å². The van der Waals surface area contributed by atoms with Gasteiger partial charge in [0.2, 0.25) is 0 Å². The molecule has 0 radical (unpaired) electrons. The minimum Gasteiger partial charge on any atom is -0.0831 e. The lowest BCUT2D eigenvalue weighted by Crippen LogP contribution is -2.52. The van der Waals surface area contributed by atoms with Crippen LogP contribution in [0.5, 0.6) is 0 Å². The molecule has 5 atom stereocenters. The van der Waals surface area contributed by atoms with E-state index >= 15 is 0 Å². The maximum atomic E-state index is 2.55. The lowest BCUT2D eigenvalue weighted by atomic mass is 9.50. The Hall–Kier alpha value is -0.953. The molecule has 1 heteroatoms. The molecule has 5 aliphatic carbocycles. The maximum Gasteiger partial charge on any atom is 0.00298 e. The standard InChI is InChI=1S/C21H26Si/c1-22(2)21-16-10-13-9-15(12-16)20(19(21)11-13)18-8-4-6-14-5-3-7-17(14)18/h3-4,6-8,13,15-16,19-20H,5,9-12H2,1-2H3. The molecule has 0 aliphatic heterocycles. The van der Waals surface area contributed by atoms with Crippen molar-refractivity contribution >= 4 is 19.7 Å². The number of benzene rings is 1. The molecular formula is C21H26Si. The Morgan fingerprint density at radius 1 is 1.05 bits per heavy atom. The van der Waals surface area contributed by atoms with Crippen LogP contribution in [-0.4, -0.2) is 13.6 Å². The molecule has 5 aliphatic rings. The smallest absolute Gasteiger partial charge is 0.00298 e. The molecule has 0 nitrogen and oxygen atoms in total. The van der Waals surface area contributed by atoms with E-state index in [1.54, 1.807) is 16.7 Å². The largest absolute Gasteiger partial charge is 0.0831 e. The molecular weight excluding hydrogens is 280 g/mol. The predicted molar refractivity (Wildman–Crippen MR) is 96.8 cm³/mol. The fraction of sp³-hybridized carbons (Fsp3) is 0.571. The summed E-state index contributed by atoms with van der Waals surface area (Å²) in [4.78, 5) is 0. The van der Waals surface area contributed by atoms with E-state index in [2.05, 4.69) is 43.4 Å². The van der Waals surface area contributed by atoms with Gasteiger partial charge in [-0.2, -0.15) is 0 Å². The van der Waals surface area contributed by atoms with Crippen molar-refractivity contribution in [2.45, 2.75) is 51.1 Å². The number of allylic oxidation sites excluding steroid dienone is 1. The SMILES string of the molecule is C[Si](C)=C1C2CC3CC(C2)C(c2cccc4c2C=CC4)C1C3. The summed E-state index contributed by atoms with van der Waals surface area (Å²) in [5.41, 5.74) is 4.88. The van der Waals surface area contributed by atoms with E-state index in [9.17, 15) is 0 Å². The van der Waals surface area contributed by atoms with Crippen molar-refractivity contribution in [1.29, 1.82) is 0 Å². The summed E-state index contributed by atoms with van der Waals surface area (Å²) >= 11 is 0. The van der Waals surface area contributed by atoms with Crippen molar-refractivity contribution in [2.24, 2.45) is 23.7 Å². The Labute approximate surface area is 135 Å². The normalized spacial score (nSPS) is 37.7. The van der Waals surface area contributed by atoms with E-state index in [0.29, 0.717) is 0 Å². The number of hydrogen-bond acceptors (Lipinski definition) is 0. The van der Waals surface area contributed by atoms with Gasteiger partial charge in [-0.3, -0.25) is 0 Å². The monoisotopic (exact) mass is 306 g/mol. The lowest BCUT2D eigenvalue weighted by Gasteiger charge is -2.57. The Bertz CT molecular complexity index is 692. The van der Waals surface area contributed by atoms with Crippen LogP contribution in [0, 0.1) is 23.7 Å². The number of fused-ring (bicyclic) bond motifs is 1. The zero-order valence-corrected chi connectivity index (χ0v) is 14.8. The molecule has 22 heavy (non-hydrogen) atoms. The molecule has 0 N–H and O–H groups in total. The van der Waals surface area contributed by atoms with Crippen molar-refractivity contribution in [2.75, 3.05) is 0 Å². The lowest BCUT2D eigenvalue weighted by molar-refractivity contribution is 0.0851. The summed E-state index contributed by atoms with van der Waals surface area (Å²) in [7, 11) is -0.250. The fourth-order valence-corrected chi connectivity index (χ4v) is 8.63. The molecule has 0 aromatic heterocycles. The third-order valence-electron chi connectivity index (χ3n) is 7.00. The summed E-state index contributed by atoms with van der Waals surface area (Å²) < 4.78 is 0.